The molecule has 0 atom stereocenters. The Morgan fingerprint density at radius 3 is 2.68 bits per heavy atom. The van der Waals surface area contributed by atoms with Crippen molar-refractivity contribution < 1.29 is 9.63 Å². The van der Waals surface area contributed by atoms with E-state index >= 15 is 0 Å². The number of hydrogen-bond acceptors (Lipinski definition) is 7. The molecule has 1 N–H and O–H groups in total. The summed E-state index contributed by atoms with van der Waals surface area (Å²) in [5.41, 5.74) is 1.59. The maximum atomic E-state index is 12.5. The predicted octanol–water partition coefficient (Wildman–Crippen LogP) is 2.25. The van der Waals surface area contributed by atoms with E-state index in [9.17, 15) is 4.79 Å². The van der Waals surface area contributed by atoms with Crippen molar-refractivity contribution in [2.75, 3.05) is 32.6 Å². The molecule has 1 aromatic heterocycles. The molecule has 1 aromatic carbocycles. The number of nitrogens with one attached hydrogen (secondary N) is 1. The minimum absolute atomic E-state index is 0.0855. The molecule has 2 aromatic rings. The average Bonchev–Trinajstić information content (AvgIpc) is 3.04. The fraction of sp³-hybridized carbons (Fsp3) is 0.294. The maximum absolute atomic E-state index is 12.5. The zero-order valence-electron chi connectivity index (χ0n) is 14.5. The smallest absolute Gasteiger partial charge is 0.275 e. The number of carbonyl (C=O) groups excluding carboxylic acids is 1. The van der Waals surface area contributed by atoms with Crippen LogP contribution in [0.2, 0.25) is 0 Å². The van der Waals surface area contributed by atoms with E-state index < -0.39 is 0 Å². The molecule has 0 aliphatic rings. The molecule has 0 unspecified atom stereocenters. The molecule has 7 nitrogen and oxygen atoms in total. The van der Waals surface area contributed by atoms with Crippen molar-refractivity contribution in [3.8, 4) is 0 Å². The molecule has 25 heavy (non-hydrogen) atoms. The van der Waals surface area contributed by atoms with Crippen molar-refractivity contribution in [1.29, 1.82) is 0 Å². The normalized spacial score (nSPS) is 11.1. The monoisotopic (exact) mass is 359 g/mol. The summed E-state index contributed by atoms with van der Waals surface area (Å²) in [7, 11) is 5.11. The Kier molecular flexibility index (Phi) is 6.64. The van der Waals surface area contributed by atoms with Crippen LogP contribution < -0.4 is 10.2 Å². The van der Waals surface area contributed by atoms with E-state index in [2.05, 4.69) is 27.2 Å². The van der Waals surface area contributed by atoms with E-state index in [4.69, 9.17) is 4.84 Å². The fourth-order valence-corrected chi connectivity index (χ4v) is 2.88. The van der Waals surface area contributed by atoms with E-state index in [0.717, 1.165) is 12.0 Å². The number of aromatic nitrogens is 1. The molecule has 0 spiro atoms. The lowest BCUT2D eigenvalue weighted by molar-refractivity contribution is -0.114. The lowest BCUT2D eigenvalue weighted by Gasteiger charge is -2.07. The quantitative estimate of drug-likeness (QED) is 0.579. The largest absolute Gasteiger partial charge is 0.398 e. The topological polar surface area (TPSA) is 79.2 Å². The van der Waals surface area contributed by atoms with E-state index in [1.165, 1.54) is 18.4 Å². The molecule has 1 heterocycles. The molecule has 0 fully saturated rings. The van der Waals surface area contributed by atoms with E-state index in [-0.39, 0.29) is 11.6 Å². The molecule has 0 saturated heterocycles. The van der Waals surface area contributed by atoms with Gasteiger partial charge in [0.15, 0.2) is 10.8 Å². The Balaban J connectivity index is 2.13. The average molecular weight is 359 g/mol. The summed E-state index contributed by atoms with van der Waals surface area (Å²) in [6, 6.07) is 9.92. The van der Waals surface area contributed by atoms with Crippen LogP contribution in [-0.2, 0) is 16.1 Å². The number of nitrogens with zero attached hydrogens (tertiary/aromatic N) is 4. The predicted molar refractivity (Wildman–Crippen MR) is 102 cm³/mol. The first-order valence-electron chi connectivity index (χ1n) is 7.65. The summed E-state index contributed by atoms with van der Waals surface area (Å²) in [6.07, 6.45) is 0.722. The third kappa shape index (κ3) is 4.87. The van der Waals surface area contributed by atoms with Gasteiger partial charge >= 0.3 is 0 Å². The molecule has 2 rings (SSSR count). The highest BCUT2D eigenvalue weighted by Gasteiger charge is 2.23. The van der Waals surface area contributed by atoms with Gasteiger partial charge in [-0.25, -0.2) is 4.98 Å². The molecular weight excluding hydrogens is 338 g/mol. The number of anilines is 1. The second-order valence-electron chi connectivity index (χ2n) is 5.32. The van der Waals surface area contributed by atoms with Crippen molar-refractivity contribution in [1.82, 2.24) is 10.3 Å². The van der Waals surface area contributed by atoms with Gasteiger partial charge in [0.1, 0.15) is 17.8 Å². The summed E-state index contributed by atoms with van der Waals surface area (Å²) >= 11 is 1.33. The molecule has 0 bridgehead atoms. The van der Waals surface area contributed by atoms with Gasteiger partial charge in [0.25, 0.3) is 5.91 Å². The number of carbonyl (C=O) groups is 1. The number of amides is 1. The summed E-state index contributed by atoms with van der Waals surface area (Å²) in [5.74, 6) is -0.363. The van der Waals surface area contributed by atoms with E-state index in [1.54, 1.807) is 0 Å². The molecular formula is C17H21N5O2S. The minimum Gasteiger partial charge on any atom is -0.398 e. The Labute approximate surface area is 151 Å². The van der Waals surface area contributed by atoms with Crippen LogP contribution in [0.3, 0.4) is 0 Å². The van der Waals surface area contributed by atoms with Gasteiger partial charge in [-0.05, 0) is 18.7 Å². The van der Waals surface area contributed by atoms with Crippen LogP contribution in [0, 0.1) is 0 Å². The second-order valence-corrected chi connectivity index (χ2v) is 6.27. The van der Waals surface area contributed by atoms with Crippen molar-refractivity contribution >= 4 is 39.8 Å². The van der Waals surface area contributed by atoms with Crippen LogP contribution in [0.25, 0.3) is 0 Å². The number of oxime groups is 1. The Morgan fingerprint density at radius 2 is 2.08 bits per heavy atom. The lowest BCUT2D eigenvalue weighted by Crippen LogP contribution is -2.33. The molecule has 0 radical (unpaired) electrons. The molecule has 0 aliphatic carbocycles. The van der Waals surface area contributed by atoms with Gasteiger partial charge in [-0.15, -0.1) is 0 Å². The van der Waals surface area contributed by atoms with Gasteiger partial charge in [0.05, 0.1) is 0 Å². The second kappa shape index (κ2) is 8.93. The number of hydrogen-bond donors (Lipinski definition) is 1. The van der Waals surface area contributed by atoms with Crippen LogP contribution in [0.5, 0.6) is 0 Å². The van der Waals surface area contributed by atoms with Gasteiger partial charge in [-0.1, -0.05) is 46.8 Å². The zero-order chi connectivity index (χ0) is 18.2. The number of rotatable bonds is 8. The van der Waals surface area contributed by atoms with Crippen molar-refractivity contribution in [2.45, 2.75) is 6.42 Å². The lowest BCUT2D eigenvalue weighted by atomic mass is 10.1. The first-order chi connectivity index (χ1) is 12.1. The fourth-order valence-electron chi connectivity index (χ4n) is 2.09. The molecule has 8 heteroatoms. The van der Waals surface area contributed by atoms with E-state index in [1.807, 2.05) is 49.3 Å². The highest BCUT2D eigenvalue weighted by atomic mass is 32.1. The maximum Gasteiger partial charge on any atom is 0.275 e. The van der Waals surface area contributed by atoms with Crippen LogP contribution in [0.1, 0.15) is 11.3 Å². The molecule has 0 aliphatic heterocycles. The van der Waals surface area contributed by atoms with Gasteiger partial charge < -0.3 is 15.1 Å². The van der Waals surface area contributed by atoms with Gasteiger partial charge in [-0.3, -0.25) is 9.79 Å². The van der Waals surface area contributed by atoms with Crippen LogP contribution in [0.4, 0.5) is 10.1 Å². The summed E-state index contributed by atoms with van der Waals surface area (Å²) < 4.78 is 0. The first-order valence-corrected chi connectivity index (χ1v) is 8.47. The Morgan fingerprint density at radius 1 is 1.36 bits per heavy atom. The van der Waals surface area contributed by atoms with Gasteiger partial charge in [-0.2, -0.15) is 0 Å². The van der Waals surface area contributed by atoms with Crippen LogP contribution in [0.15, 0.2) is 40.5 Å². The number of benzene rings is 1. The highest BCUT2D eigenvalue weighted by Crippen LogP contribution is 2.32. The molecule has 1 amide bonds. The van der Waals surface area contributed by atoms with Crippen LogP contribution in [-0.4, -0.2) is 51.1 Å². The van der Waals surface area contributed by atoms with Crippen molar-refractivity contribution in [2.24, 2.45) is 10.1 Å². The minimum atomic E-state index is -0.363. The number of thiazole rings is 1. The standard InChI is InChI=1S/C17H21N5O2S/c1-18-16-14(20-17(25-16)22(2)3)13(21-24-4)15(23)19-11-10-12-8-6-5-7-9-12/h5-9H,1,10-11H2,2-4H3,(H,19,23)/b21-13-. The highest BCUT2D eigenvalue weighted by molar-refractivity contribution is 7.19. The van der Waals surface area contributed by atoms with Crippen molar-refractivity contribution in [3.05, 3.63) is 41.6 Å². The molecule has 132 valence electrons. The number of aliphatic imine (C=N–C) groups is 1. The van der Waals surface area contributed by atoms with Crippen LogP contribution >= 0.6 is 11.3 Å². The Bertz CT molecular complexity index is 756. The first kappa shape index (κ1) is 18.6. The zero-order valence-corrected chi connectivity index (χ0v) is 15.3. The van der Waals surface area contributed by atoms with Gasteiger partial charge in [0.2, 0.25) is 0 Å². The third-order valence-electron chi connectivity index (χ3n) is 3.29. The summed E-state index contributed by atoms with van der Waals surface area (Å²) in [6.45, 7) is 4.02. The SMILES string of the molecule is C=Nc1sc(N(C)C)nc1/C(=N/OC)C(=O)NCCc1ccccc1. The van der Waals surface area contributed by atoms with Gasteiger partial charge in [0, 0.05) is 20.6 Å². The molecule has 0 saturated carbocycles. The summed E-state index contributed by atoms with van der Waals surface area (Å²) in [4.78, 5) is 27.6. The third-order valence-corrected chi connectivity index (χ3v) is 4.44. The van der Waals surface area contributed by atoms with E-state index in [0.29, 0.717) is 22.4 Å². The van der Waals surface area contributed by atoms with Crippen molar-refractivity contribution in [3.63, 3.8) is 0 Å². The Hall–Kier alpha value is -2.74. The summed E-state index contributed by atoms with van der Waals surface area (Å²) in [5, 5.41) is 7.92.